The standard InChI is InChI=1S/C20H20N2O5S/c1-26-14-15-4-6-16(7-5-15)20(23)22-17-8-10-19(11-9-17)28(24,25)21-13-18-3-2-12-27-18/h2-12,21H,13-14H2,1H3,(H,22,23). The van der Waals surface area contributed by atoms with Crippen molar-refractivity contribution in [2.75, 3.05) is 12.4 Å². The summed E-state index contributed by atoms with van der Waals surface area (Å²) < 4.78 is 37.2. The van der Waals surface area contributed by atoms with Gasteiger partial charge in [-0.25, -0.2) is 13.1 Å². The number of carbonyl (C=O) groups is 1. The van der Waals surface area contributed by atoms with Crippen molar-refractivity contribution in [2.45, 2.75) is 18.0 Å². The van der Waals surface area contributed by atoms with Gasteiger partial charge in [-0.1, -0.05) is 12.1 Å². The maximum absolute atomic E-state index is 12.3. The van der Waals surface area contributed by atoms with E-state index in [1.165, 1.54) is 18.4 Å². The summed E-state index contributed by atoms with van der Waals surface area (Å²) in [6.45, 7) is 0.540. The van der Waals surface area contributed by atoms with E-state index in [-0.39, 0.29) is 17.3 Å². The maximum atomic E-state index is 12.3. The van der Waals surface area contributed by atoms with E-state index in [1.807, 2.05) is 12.1 Å². The molecule has 0 bridgehead atoms. The lowest BCUT2D eigenvalue weighted by Crippen LogP contribution is -2.23. The second-order valence-corrected chi connectivity index (χ2v) is 7.78. The molecule has 8 heteroatoms. The number of sulfonamides is 1. The molecule has 0 aliphatic heterocycles. The molecule has 0 unspecified atom stereocenters. The lowest BCUT2D eigenvalue weighted by atomic mass is 10.1. The number of carbonyl (C=O) groups excluding carboxylic acids is 1. The normalized spacial score (nSPS) is 11.3. The van der Waals surface area contributed by atoms with E-state index >= 15 is 0 Å². The summed E-state index contributed by atoms with van der Waals surface area (Å²) in [4.78, 5) is 12.4. The Morgan fingerprint density at radius 1 is 1.04 bits per heavy atom. The Morgan fingerprint density at radius 2 is 1.75 bits per heavy atom. The molecule has 2 aromatic carbocycles. The second-order valence-electron chi connectivity index (χ2n) is 6.01. The third kappa shape index (κ3) is 5.07. The van der Waals surface area contributed by atoms with Gasteiger partial charge in [-0.3, -0.25) is 4.79 Å². The topological polar surface area (TPSA) is 97.6 Å². The minimum atomic E-state index is -3.68. The fourth-order valence-electron chi connectivity index (χ4n) is 2.50. The molecule has 1 amide bonds. The molecule has 0 spiro atoms. The molecular weight excluding hydrogens is 380 g/mol. The van der Waals surface area contributed by atoms with Crippen molar-refractivity contribution in [1.29, 1.82) is 0 Å². The number of methoxy groups -OCH3 is 1. The Kier molecular flexibility index (Phi) is 6.25. The van der Waals surface area contributed by atoms with Crippen LogP contribution in [0.25, 0.3) is 0 Å². The Labute approximate surface area is 163 Å². The van der Waals surface area contributed by atoms with Crippen molar-refractivity contribution in [2.24, 2.45) is 0 Å². The van der Waals surface area contributed by atoms with Crippen molar-refractivity contribution in [3.63, 3.8) is 0 Å². The first kappa shape index (κ1) is 19.8. The molecule has 0 saturated heterocycles. The first-order chi connectivity index (χ1) is 13.5. The predicted octanol–water partition coefficient (Wildman–Crippen LogP) is 3.16. The van der Waals surface area contributed by atoms with Gasteiger partial charge in [0.1, 0.15) is 5.76 Å². The highest BCUT2D eigenvalue weighted by Gasteiger charge is 2.15. The summed E-state index contributed by atoms with van der Waals surface area (Å²) in [5, 5.41) is 2.74. The van der Waals surface area contributed by atoms with Crippen LogP contribution in [0.2, 0.25) is 0 Å². The molecule has 0 aliphatic rings. The SMILES string of the molecule is COCc1ccc(C(=O)Nc2ccc(S(=O)(=O)NCc3ccco3)cc2)cc1. The van der Waals surface area contributed by atoms with Gasteiger partial charge >= 0.3 is 0 Å². The summed E-state index contributed by atoms with van der Waals surface area (Å²) in [5.41, 5.74) is 1.96. The first-order valence-corrected chi connectivity index (χ1v) is 9.97. The third-order valence-corrected chi connectivity index (χ3v) is 5.38. The number of furan rings is 1. The number of nitrogens with one attached hydrogen (secondary N) is 2. The Bertz CT molecular complexity index is 1010. The molecule has 28 heavy (non-hydrogen) atoms. The number of anilines is 1. The highest BCUT2D eigenvalue weighted by atomic mass is 32.2. The molecule has 0 saturated carbocycles. The Morgan fingerprint density at radius 3 is 2.36 bits per heavy atom. The Balaban J connectivity index is 1.62. The summed E-state index contributed by atoms with van der Waals surface area (Å²) in [6.07, 6.45) is 1.48. The molecule has 146 valence electrons. The number of benzene rings is 2. The lowest BCUT2D eigenvalue weighted by molar-refractivity contribution is 0.102. The van der Waals surface area contributed by atoms with Crippen LogP contribution in [0.1, 0.15) is 21.7 Å². The number of hydrogen-bond donors (Lipinski definition) is 2. The van der Waals surface area contributed by atoms with Crippen LogP contribution in [0.15, 0.2) is 76.2 Å². The van der Waals surface area contributed by atoms with Crippen molar-refractivity contribution < 1.29 is 22.4 Å². The molecule has 7 nitrogen and oxygen atoms in total. The van der Waals surface area contributed by atoms with Gasteiger partial charge < -0.3 is 14.5 Å². The van der Waals surface area contributed by atoms with Crippen LogP contribution in [0, 0.1) is 0 Å². The summed E-state index contributed by atoms with van der Waals surface area (Å²) in [7, 11) is -2.07. The monoisotopic (exact) mass is 400 g/mol. The summed E-state index contributed by atoms with van der Waals surface area (Å²) in [6, 6.07) is 16.4. The molecule has 0 radical (unpaired) electrons. The molecule has 0 fully saturated rings. The molecule has 1 heterocycles. The van der Waals surface area contributed by atoms with E-state index in [2.05, 4.69) is 10.0 Å². The van der Waals surface area contributed by atoms with E-state index < -0.39 is 10.0 Å². The quantitative estimate of drug-likeness (QED) is 0.605. The minimum absolute atomic E-state index is 0.0624. The average Bonchev–Trinajstić information content (AvgIpc) is 3.21. The van der Waals surface area contributed by atoms with Gasteiger partial charge in [0.2, 0.25) is 10.0 Å². The molecule has 3 rings (SSSR count). The van der Waals surface area contributed by atoms with Crippen LogP contribution in [0.5, 0.6) is 0 Å². The molecule has 0 aliphatic carbocycles. The van der Waals surface area contributed by atoms with Gasteiger partial charge in [0.05, 0.1) is 24.3 Å². The molecular formula is C20H20N2O5S. The zero-order chi connectivity index (χ0) is 20.0. The van der Waals surface area contributed by atoms with E-state index in [0.29, 0.717) is 23.6 Å². The van der Waals surface area contributed by atoms with Crippen molar-refractivity contribution in [3.05, 3.63) is 83.8 Å². The van der Waals surface area contributed by atoms with Gasteiger partial charge in [-0.05, 0) is 54.1 Å². The van der Waals surface area contributed by atoms with Crippen molar-refractivity contribution in [1.82, 2.24) is 4.72 Å². The largest absolute Gasteiger partial charge is 0.468 e. The van der Waals surface area contributed by atoms with Crippen LogP contribution in [-0.2, 0) is 27.9 Å². The number of ether oxygens (including phenoxy) is 1. The van der Waals surface area contributed by atoms with Gasteiger partial charge in [0, 0.05) is 18.4 Å². The number of rotatable bonds is 8. The first-order valence-electron chi connectivity index (χ1n) is 8.49. The van der Waals surface area contributed by atoms with Crippen LogP contribution >= 0.6 is 0 Å². The number of hydrogen-bond acceptors (Lipinski definition) is 5. The van der Waals surface area contributed by atoms with Crippen LogP contribution in [0.4, 0.5) is 5.69 Å². The molecule has 3 aromatic rings. The highest BCUT2D eigenvalue weighted by molar-refractivity contribution is 7.89. The molecule has 2 N–H and O–H groups in total. The van der Waals surface area contributed by atoms with Crippen LogP contribution in [0.3, 0.4) is 0 Å². The van der Waals surface area contributed by atoms with Gasteiger partial charge in [0.15, 0.2) is 0 Å². The summed E-state index contributed by atoms with van der Waals surface area (Å²) >= 11 is 0. The average molecular weight is 400 g/mol. The zero-order valence-corrected chi connectivity index (χ0v) is 16.0. The van der Waals surface area contributed by atoms with E-state index in [9.17, 15) is 13.2 Å². The smallest absolute Gasteiger partial charge is 0.255 e. The van der Waals surface area contributed by atoms with Gasteiger partial charge in [-0.2, -0.15) is 0 Å². The van der Waals surface area contributed by atoms with Crippen molar-refractivity contribution in [3.8, 4) is 0 Å². The van der Waals surface area contributed by atoms with Crippen LogP contribution < -0.4 is 10.0 Å². The zero-order valence-electron chi connectivity index (χ0n) is 15.2. The lowest BCUT2D eigenvalue weighted by Gasteiger charge is -2.08. The van der Waals surface area contributed by atoms with E-state index in [4.69, 9.17) is 9.15 Å². The van der Waals surface area contributed by atoms with Crippen LogP contribution in [-0.4, -0.2) is 21.4 Å². The third-order valence-electron chi connectivity index (χ3n) is 3.97. The van der Waals surface area contributed by atoms with Gasteiger partial charge in [0.25, 0.3) is 5.91 Å². The predicted molar refractivity (Wildman–Crippen MR) is 104 cm³/mol. The minimum Gasteiger partial charge on any atom is -0.468 e. The fraction of sp³-hybridized carbons (Fsp3) is 0.150. The maximum Gasteiger partial charge on any atom is 0.255 e. The van der Waals surface area contributed by atoms with Gasteiger partial charge in [-0.15, -0.1) is 0 Å². The van der Waals surface area contributed by atoms with E-state index in [1.54, 1.807) is 43.5 Å². The molecule has 0 atom stereocenters. The summed E-state index contributed by atoms with van der Waals surface area (Å²) in [5.74, 6) is 0.236. The highest BCUT2D eigenvalue weighted by Crippen LogP contribution is 2.16. The number of amides is 1. The molecule has 1 aromatic heterocycles. The Hall–Kier alpha value is -2.94. The second kappa shape index (κ2) is 8.83. The fourth-order valence-corrected chi connectivity index (χ4v) is 3.50. The van der Waals surface area contributed by atoms with E-state index in [0.717, 1.165) is 5.56 Å². The van der Waals surface area contributed by atoms with Crippen molar-refractivity contribution >= 4 is 21.6 Å².